The fraction of sp³-hybridized carbons (Fsp3) is 0.710. The number of hydrogen-bond acceptors (Lipinski definition) is 11. The third-order valence-corrected chi connectivity index (χ3v) is 12.6. The van der Waals surface area contributed by atoms with Gasteiger partial charge in [0.25, 0.3) is 0 Å². The number of hydrogen-bond donors (Lipinski definition) is 7. The molecule has 16 nitrogen and oxygen atoms in total. The number of aliphatic hydroxyl groups is 1. The number of nitrogens with one attached hydrogen (secondary N) is 4. The van der Waals surface area contributed by atoms with Crippen LogP contribution >= 0.6 is 11.8 Å². The van der Waals surface area contributed by atoms with Crippen molar-refractivity contribution in [3.05, 3.63) is 12.7 Å². The van der Waals surface area contributed by atoms with E-state index in [1.54, 1.807) is 10.9 Å². The van der Waals surface area contributed by atoms with Crippen molar-refractivity contribution in [2.75, 3.05) is 35.8 Å². The van der Waals surface area contributed by atoms with E-state index in [0.717, 1.165) is 37.9 Å². The van der Waals surface area contributed by atoms with Gasteiger partial charge in [-0.3, -0.25) is 14.2 Å². The minimum atomic E-state index is -1.08. The number of aliphatic hydroxyl groups excluding tert-OH is 1. The quantitative estimate of drug-likeness (QED) is 0.0602. The standard InChI is InChI=1S/C31H47N9O7S2/c1-49(15-21-20(41)13-25(47-21)40-17-36-27-28(32)34-16-35-29(27)40)12-10-18(30(44)45)37-24(43)9-3-2-6-11-33-23(42)8-5-4-7-22-26-19(14-48-22)38-31(46)39-26/h16-22,25-26,41H,2-15H2,1H3,(H6-,32,33,34,35,37,38,39,42,43,44,45,46)/p+1/t18?,19?,20-,21?,22+,25?,26?,49?/m0/s1. The van der Waals surface area contributed by atoms with Crippen LogP contribution in [-0.4, -0.2) is 119 Å². The molecule has 49 heavy (non-hydrogen) atoms. The van der Waals surface area contributed by atoms with Crippen molar-refractivity contribution < 1.29 is 34.1 Å². The molecule has 0 aliphatic carbocycles. The Balaban J connectivity index is 0.905. The molecule has 0 bridgehead atoms. The molecule has 3 aliphatic rings. The van der Waals surface area contributed by atoms with Gasteiger partial charge in [0.1, 0.15) is 41.7 Å². The first-order valence-electron chi connectivity index (χ1n) is 16.9. The highest BCUT2D eigenvalue weighted by Crippen LogP contribution is 2.34. The zero-order valence-electron chi connectivity index (χ0n) is 27.7. The van der Waals surface area contributed by atoms with Crippen molar-refractivity contribution in [1.29, 1.82) is 0 Å². The van der Waals surface area contributed by atoms with Gasteiger partial charge in [-0.2, -0.15) is 11.8 Å². The molecule has 8 N–H and O–H groups in total. The summed E-state index contributed by atoms with van der Waals surface area (Å²) in [4.78, 5) is 60.5. The van der Waals surface area contributed by atoms with E-state index in [2.05, 4.69) is 36.2 Å². The fourth-order valence-corrected chi connectivity index (χ4v) is 9.71. The van der Waals surface area contributed by atoms with E-state index in [1.807, 2.05) is 18.0 Å². The van der Waals surface area contributed by atoms with Gasteiger partial charge in [0.15, 0.2) is 11.5 Å². The van der Waals surface area contributed by atoms with Crippen molar-refractivity contribution in [2.45, 2.75) is 106 Å². The highest BCUT2D eigenvalue weighted by molar-refractivity contribution is 8.00. The molecule has 8 atom stereocenters. The van der Waals surface area contributed by atoms with Crippen LogP contribution in [0.1, 0.15) is 70.4 Å². The number of aliphatic carboxylic acids is 1. The number of thioether (sulfide) groups is 1. The Labute approximate surface area is 292 Å². The first-order chi connectivity index (χ1) is 23.6. The maximum Gasteiger partial charge on any atom is 0.326 e. The molecular formula is C31H48N9O7S2+. The molecule has 0 spiro atoms. The van der Waals surface area contributed by atoms with Crippen LogP contribution in [0.4, 0.5) is 10.6 Å². The van der Waals surface area contributed by atoms with E-state index in [4.69, 9.17) is 10.5 Å². The number of carbonyl (C=O) groups is 4. The van der Waals surface area contributed by atoms with Crippen LogP contribution in [0.2, 0.25) is 0 Å². The highest BCUT2D eigenvalue weighted by atomic mass is 32.2. The number of unbranched alkanes of at least 4 members (excludes halogenated alkanes) is 3. The fourth-order valence-electron chi connectivity index (χ4n) is 6.50. The molecule has 5 heterocycles. The van der Waals surface area contributed by atoms with E-state index >= 15 is 0 Å². The lowest BCUT2D eigenvalue weighted by molar-refractivity contribution is -0.141. The molecule has 3 aliphatic heterocycles. The molecule has 6 unspecified atom stereocenters. The number of carboxylic acid groups (broad SMARTS) is 1. The molecule has 5 rings (SSSR count). The number of nitrogens with two attached hydrogens (primary N) is 1. The lowest BCUT2D eigenvalue weighted by Gasteiger charge is -2.17. The molecule has 4 amide bonds. The van der Waals surface area contributed by atoms with Crippen LogP contribution in [0, 0.1) is 0 Å². The normalized spacial score (nSPS) is 25.8. The van der Waals surface area contributed by atoms with Gasteiger partial charge in [0.2, 0.25) is 11.8 Å². The van der Waals surface area contributed by atoms with Gasteiger partial charge in [0, 0.05) is 43.2 Å². The number of rotatable bonds is 19. The molecule has 2 aromatic heterocycles. The van der Waals surface area contributed by atoms with Crippen LogP contribution in [0.3, 0.4) is 0 Å². The molecule has 2 aromatic rings. The van der Waals surface area contributed by atoms with Crippen molar-refractivity contribution in [3.63, 3.8) is 0 Å². The summed E-state index contributed by atoms with van der Waals surface area (Å²) in [5.74, 6) is 0.951. The Hall–Kier alpha value is -3.35. The largest absolute Gasteiger partial charge is 0.480 e. The van der Waals surface area contributed by atoms with Crippen molar-refractivity contribution >= 4 is 63.5 Å². The second-order valence-corrected chi connectivity index (χ2v) is 16.5. The summed E-state index contributed by atoms with van der Waals surface area (Å²) in [6, 6.07) is -0.671. The van der Waals surface area contributed by atoms with Gasteiger partial charge in [0.05, 0.1) is 30.8 Å². The van der Waals surface area contributed by atoms with E-state index in [0.29, 0.717) is 53.7 Å². The summed E-state index contributed by atoms with van der Waals surface area (Å²) in [5, 5.41) is 32.3. The van der Waals surface area contributed by atoms with Gasteiger partial charge in [-0.15, -0.1) is 0 Å². The zero-order chi connectivity index (χ0) is 34.9. The Kier molecular flexibility index (Phi) is 13.2. The molecule has 0 saturated carbocycles. The first kappa shape index (κ1) is 36.9. The maximum atomic E-state index is 12.5. The number of aromatic nitrogens is 4. The number of imidazole rings is 1. The predicted octanol–water partition coefficient (Wildman–Crippen LogP) is 0.667. The monoisotopic (exact) mass is 722 g/mol. The SMILES string of the molecule is C[S+](CCC(NC(=O)CCCCCNC(=O)CCCC[C@H]1SCC2NC(=O)NC21)C(=O)O)CC1OC(n2cnc3c(N)ncnc32)C[C@@H]1O. The van der Waals surface area contributed by atoms with Gasteiger partial charge in [-0.05, 0) is 36.6 Å². The Morgan fingerprint density at radius 1 is 1.14 bits per heavy atom. The molecule has 3 fully saturated rings. The van der Waals surface area contributed by atoms with Crippen LogP contribution in [-0.2, 0) is 30.0 Å². The maximum absolute atomic E-state index is 12.5. The number of carbonyl (C=O) groups excluding carboxylic acids is 3. The summed E-state index contributed by atoms with van der Waals surface area (Å²) in [5.41, 5.74) is 6.89. The van der Waals surface area contributed by atoms with Crippen LogP contribution in [0.5, 0.6) is 0 Å². The summed E-state index contributed by atoms with van der Waals surface area (Å²) >= 11 is 1.88. The lowest BCUT2D eigenvalue weighted by Crippen LogP contribution is -2.42. The number of ether oxygens (including phenoxy) is 1. The van der Waals surface area contributed by atoms with E-state index in [-0.39, 0.29) is 59.5 Å². The third-order valence-electron chi connectivity index (χ3n) is 9.22. The van der Waals surface area contributed by atoms with Crippen molar-refractivity contribution in [2.24, 2.45) is 0 Å². The average Bonchev–Trinajstić information content (AvgIpc) is 3.83. The smallest absolute Gasteiger partial charge is 0.326 e. The second-order valence-electron chi connectivity index (χ2n) is 12.9. The summed E-state index contributed by atoms with van der Waals surface area (Å²) in [6.07, 6.45) is 9.47. The average molecular weight is 723 g/mol. The van der Waals surface area contributed by atoms with Gasteiger partial charge in [-0.1, -0.05) is 12.8 Å². The van der Waals surface area contributed by atoms with Crippen LogP contribution < -0.4 is 27.0 Å². The molecule has 0 aromatic carbocycles. The zero-order valence-corrected chi connectivity index (χ0v) is 29.3. The lowest BCUT2D eigenvalue weighted by atomic mass is 10.0. The van der Waals surface area contributed by atoms with Crippen LogP contribution in [0.25, 0.3) is 11.2 Å². The van der Waals surface area contributed by atoms with Crippen LogP contribution in [0.15, 0.2) is 12.7 Å². The number of carboxylic acids is 1. The van der Waals surface area contributed by atoms with Gasteiger partial charge in [-0.25, -0.2) is 24.5 Å². The minimum Gasteiger partial charge on any atom is -0.480 e. The molecular weight excluding hydrogens is 675 g/mol. The number of nitrogens with zero attached hydrogens (tertiary/aromatic N) is 4. The predicted molar refractivity (Wildman–Crippen MR) is 187 cm³/mol. The number of anilines is 1. The summed E-state index contributed by atoms with van der Waals surface area (Å²) in [7, 11) is -0.266. The number of nitrogen functional groups attached to an aromatic ring is 1. The van der Waals surface area contributed by atoms with Crippen molar-refractivity contribution in [3.8, 4) is 0 Å². The second kappa shape index (κ2) is 17.5. The van der Waals surface area contributed by atoms with E-state index in [9.17, 15) is 29.4 Å². The number of urea groups is 1. The highest BCUT2D eigenvalue weighted by Gasteiger charge is 2.42. The minimum absolute atomic E-state index is 0.0195. The molecule has 270 valence electrons. The Morgan fingerprint density at radius 2 is 1.94 bits per heavy atom. The van der Waals surface area contributed by atoms with Gasteiger partial charge >= 0.3 is 12.0 Å². The summed E-state index contributed by atoms with van der Waals surface area (Å²) in [6.45, 7) is 0.541. The van der Waals surface area contributed by atoms with Crippen molar-refractivity contribution in [1.82, 2.24) is 40.8 Å². The van der Waals surface area contributed by atoms with E-state index < -0.39 is 30.4 Å². The number of fused-ring (bicyclic) bond motifs is 2. The van der Waals surface area contributed by atoms with Gasteiger partial charge < -0.3 is 42.0 Å². The third kappa shape index (κ3) is 10.1. The molecule has 3 saturated heterocycles. The van der Waals surface area contributed by atoms with E-state index in [1.165, 1.54) is 6.33 Å². The summed E-state index contributed by atoms with van der Waals surface area (Å²) < 4.78 is 7.89. The number of amides is 4. The Bertz CT molecular complexity index is 1470. The topological polar surface area (TPSA) is 236 Å². The molecule has 0 radical (unpaired) electrons. The Morgan fingerprint density at radius 3 is 2.76 bits per heavy atom. The molecule has 18 heteroatoms. The first-order valence-corrected chi connectivity index (χ1v) is 19.9.